The van der Waals surface area contributed by atoms with Gasteiger partial charge in [0.2, 0.25) is 18.5 Å². The molecule has 0 bridgehead atoms. The average Bonchev–Trinajstić information content (AvgIpc) is 0.774. The molecule has 25 heteroatoms. The maximum Gasteiger partial charge on any atom is 0.319 e. The molecule has 0 saturated carbocycles. The van der Waals surface area contributed by atoms with Crippen molar-refractivity contribution in [1.82, 2.24) is 44.6 Å². The first-order valence-corrected chi connectivity index (χ1v) is 37.2. The Balaban J connectivity index is 0.000000145. The van der Waals surface area contributed by atoms with Crippen molar-refractivity contribution < 1.29 is 64.3 Å². The number of phenolic OH excluding ortho intramolecular Hbond substituents is 3. The van der Waals surface area contributed by atoms with Gasteiger partial charge in [-0.05, 0) is 185 Å². The van der Waals surface area contributed by atoms with Crippen molar-refractivity contribution in [2.45, 2.75) is 91.7 Å². The monoisotopic (exact) mass is 1490 g/mol. The molecule has 25 nitrogen and oxygen atoms in total. The summed E-state index contributed by atoms with van der Waals surface area (Å²) in [7, 11) is 0. The van der Waals surface area contributed by atoms with E-state index in [1.54, 1.807) is 41.3 Å². The van der Waals surface area contributed by atoms with Gasteiger partial charge in [-0.25, -0.2) is 0 Å². The molecular weight excluding hydrogens is 1400 g/mol. The number of aliphatic hydroxyl groups is 4. The Morgan fingerprint density at radius 2 is 0.664 bits per heavy atom. The lowest BCUT2D eigenvalue weighted by Crippen LogP contribution is -2.51. The third-order valence-electron chi connectivity index (χ3n) is 20.4. The number of carbonyl (C=O) groups is 3. The molecule has 3 atom stereocenters. The molecule has 3 fully saturated rings. The zero-order valence-corrected chi connectivity index (χ0v) is 62.3. The predicted octanol–water partition coefficient (Wildman–Crippen LogP) is 11.8. The summed E-state index contributed by atoms with van der Waals surface area (Å²) in [6, 6.07) is 53.3. The van der Waals surface area contributed by atoms with E-state index in [1.165, 1.54) is 15.9 Å². The van der Waals surface area contributed by atoms with Gasteiger partial charge in [-0.3, -0.25) is 14.4 Å². The fourth-order valence-corrected chi connectivity index (χ4v) is 13.9. The van der Waals surface area contributed by atoms with E-state index in [-0.39, 0.29) is 53.5 Å². The van der Waals surface area contributed by atoms with E-state index in [4.69, 9.17) is 44.1 Å². The van der Waals surface area contributed by atoms with Gasteiger partial charge >= 0.3 is 18.0 Å². The first-order valence-electron chi connectivity index (χ1n) is 37.2. The standard InChI is InChI=1S/C29H30N4O3.2C28H30N4O5/c1-4-19(3)36-29-30-26-17-21(25-18-22(34)16-20-8-6-7-9-23(20)25)10-11-24(26)28(31-29)33-14-12-32(13-15-33)27(35)5-2;2*1-3-17(2)37-28-29-24-15-19(23-16-20(33)14-18-6-4-5-7-21(18)23)8-9-22(24)25(30-28)31-10-12-32(13-11-31)26(34)27(35)36/h5-11,16-19,34H,2,4,12-15H2,1,3H3;2*4-9,14-17,27,33,35-36H,3,10-13H2,1-2H3/t19-;17-;/m11./s1. The van der Waals surface area contributed by atoms with Crippen LogP contribution in [0.5, 0.6) is 35.3 Å². The molecule has 0 spiro atoms. The fourth-order valence-electron chi connectivity index (χ4n) is 13.9. The lowest BCUT2D eigenvalue weighted by Gasteiger charge is -2.36. The Hall–Kier alpha value is -12.0. The highest BCUT2D eigenvalue weighted by atomic mass is 16.5. The van der Waals surface area contributed by atoms with E-state index in [1.807, 2.05) is 156 Å². The van der Waals surface area contributed by atoms with Crippen molar-refractivity contribution >= 4 is 100 Å². The largest absolute Gasteiger partial charge is 0.508 e. The van der Waals surface area contributed by atoms with Crippen LogP contribution >= 0.6 is 0 Å². The molecule has 9 aromatic carbocycles. The Morgan fingerprint density at radius 3 is 0.936 bits per heavy atom. The van der Waals surface area contributed by atoms with Crippen LogP contribution in [0.15, 0.2) is 176 Å². The van der Waals surface area contributed by atoms with E-state index < -0.39 is 24.4 Å². The number of nitrogens with zero attached hydrogens (tertiary/aromatic N) is 12. The maximum atomic E-state index is 12.0. The van der Waals surface area contributed by atoms with Crippen LogP contribution in [0.2, 0.25) is 0 Å². The summed E-state index contributed by atoms with van der Waals surface area (Å²) in [4.78, 5) is 75.5. The van der Waals surface area contributed by atoms with Gasteiger partial charge in [0.1, 0.15) is 34.7 Å². The Kier molecular flexibility index (Phi) is 23.3. The van der Waals surface area contributed by atoms with Crippen LogP contribution in [0.4, 0.5) is 17.5 Å². The van der Waals surface area contributed by atoms with Crippen LogP contribution in [0.1, 0.15) is 60.8 Å². The third-order valence-corrected chi connectivity index (χ3v) is 20.4. The van der Waals surface area contributed by atoms with Crippen LogP contribution in [0.3, 0.4) is 0 Å². The zero-order chi connectivity index (χ0) is 77.4. The summed E-state index contributed by atoms with van der Waals surface area (Å²) < 4.78 is 18.1. The number of anilines is 3. The molecule has 3 aliphatic rings. The molecule has 568 valence electrons. The van der Waals surface area contributed by atoms with E-state index in [2.05, 4.69) is 34.3 Å². The number of phenols is 3. The SMILES string of the molecule is C=CC(=O)N1CCN(c2nc(O[C@H](C)CC)nc3cc(-c4cc(O)cc5ccccc45)ccc23)CC1.CCC(C)Oc1nc(N2CCN(C(=O)C(O)O)CC2)c2ccc(-c3cc(O)cc4ccccc34)cc2n1.CC[C@@H](C)Oc1nc(N2CCN(C(=O)C(O)O)CC2)c2ccc(-c3cc(O)cc4ccccc34)cc2n1. The molecular formula is C85H90N12O13. The van der Waals surface area contributed by atoms with Crippen molar-refractivity contribution in [3.8, 4) is 68.7 Å². The van der Waals surface area contributed by atoms with Gasteiger partial charge in [0, 0.05) is 94.7 Å². The molecule has 7 N–H and O–H groups in total. The highest BCUT2D eigenvalue weighted by molar-refractivity contribution is 6.04. The summed E-state index contributed by atoms with van der Waals surface area (Å²) >= 11 is 0. The average molecular weight is 1490 g/mol. The molecule has 110 heavy (non-hydrogen) atoms. The zero-order valence-electron chi connectivity index (χ0n) is 62.3. The second kappa shape index (κ2) is 33.6. The number of aromatic hydroxyl groups is 3. The summed E-state index contributed by atoms with van der Waals surface area (Å²) in [6.45, 7) is 21.5. The van der Waals surface area contributed by atoms with Gasteiger partial charge in [0.05, 0.1) is 34.9 Å². The molecule has 12 aromatic rings. The first kappa shape index (κ1) is 76.2. The number of rotatable bonds is 18. The maximum absolute atomic E-state index is 12.0. The highest BCUT2D eigenvalue weighted by Gasteiger charge is 2.31. The molecule has 3 aromatic heterocycles. The minimum atomic E-state index is -2.01. The minimum absolute atomic E-state index is 0.0180. The van der Waals surface area contributed by atoms with Crippen LogP contribution in [0.25, 0.3) is 98.4 Å². The van der Waals surface area contributed by atoms with Crippen molar-refractivity contribution in [3.05, 3.63) is 176 Å². The van der Waals surface area contributed by atoms with E-state index in [0.29, 0.717) is 107 Å². The molecule has 0 aliphatic carbocycles. The Morgan fingerprint density at radius 1 is 0.382 bits per heavy atom. The normalized spacial score (nSPS) is 14.9. The van der Waals surface area contributed by atoms with E-state index in [9.17, 15) is 50.1 Å². The van der Waals surface area contributed by atoms with E-state index in [0.717, 1.165) is 112 Å². The number of benzene rings is 9. The number of aromatic nitrogens is 6. The molecule has 3 saturated heterocycles. The Labute approximate surface area is 636 Å². The second-order valence-corrected chi connectivity index (χ2v) is 27.7. The molecule has 6 heterocycles. The van der Waals surface area contributed by atoms with Gasteiger partial charge in [-0.2, -0.15) is 29.9 Å². The number of hydrogen-bond acceptors (Lipinski definition) is 22. The topological polar surface area (TPSA) is 317 Å². The van der Waals surface area contributed by atoms with Crippen molar-refractivity contribution in [3.63, 3.8) is 0 Å². The van der Waals surface area contributed by atoms with Crippen molar-refractivity contribution in [2.24, 2.45) is 0 Å². The smallest absolute Gasteiger partial charge is 0.319 e. The van der Waals surface area contributed by atoms with E-state index >= 15 is 0 Å². The van der Waals surface area contributed by atoms with Crippen LogP contribution in [-0.2, 0) is 14.4 Å². The lowest BCUT2D eigenvalue weighted by atomic mass is 9.97. The second-order valence-electron chi connectivity index (χ2n) is 27.7. The fraction of sp³-hybridized carbons (Fsp3) is 0.306. The molecule has 0 radical (unpaired) electrons. The summed E-state index contributed by atoms with van der Waals surface area (Å²) in [5, 5.41) is 76.6. The summed E-state index contributed by atoms with van der Waals surface area (Å²) in [5.74, 6) is 1.37. The van der Waals surface area contributed by atoms with Crippen LogP contribution in [-0.4, -0.2) is 207 Å². The van der Waals surface area contributed by atoms with Crippen molar-refractivity contribution in [2.75, 3.05) is 93.2 Å². The summed E-state index contributed by atoms with van der Waals surface area (Å²) in [5.41, 5.74) is 7.69. The number of amides is 3. The number of piperazine rings is 3. The van der Waals surface area contributed by atoms with Crippen LogP contribution < -0.4 is 28.9 Å². The van der Waals surface area contributed by atoms with Gasteiger partial charge in [0.25, 0.3) is 11.8 Å². The van der Waals surface area contributed by atoms with Gasteiger partial charge in [0.15, 0.2) is 0 Å². The number of hydrogen-bond donors (Lipinski definition) is 7. The number of fused-ring (bicyclic) bond motifs is 6. The number of ether oxygens (including phenoxy) is 3. The Bertz CT molecular complexity index is 5170. The van der Waals surface area contributed by atoms with Crippen LogP contribution in [0, 0.1) is 0 Å². The van der Waals surface area contributed by atoms with Gasteiger partial charge in [-0.1, -0.05) is 118 Å². The number of carbonyl (C=O) groups excluding carboxylic acids is 3. The predicted molar refractivity (Wildman–Crippen MR) is 427 cm³/mol. The molecule has 3 amide bonds. The van der Waals surface area contributed by atoms with Gasteiger partial charge in [-0.15, -0.1) is 0 Å². The minimum Gasteiger partial charge on any atom is -0.508 e. The number of aliphatic hydroxyl groups excluding tert-OH is 2. The quantitative estimate of drug-likeness (QED) is 0.0310. The molecule has 15 rings (SSSR count). The summed E-state index contributed by atoms with van der Waals surface area (Å²) in [6.07, 6.45) is -0.354. The highest BCUT2D eigenvalue weighted by Crippen LogP contribution is 2.41. The van der Waals surface area contributed by atoms with Crippen molar-refractivity contribution in [1.29, 1.82) is 0 Å². The third kappa shape index (κ3) is 17.0. The molecule has 1 unspecified atom stereocenters. The first-order chi connectivity index (χ1) is 53.1. The lowest BCUT2D eigenvalue weighted by molar-refractivity contribution is -0.159. The van der Waals surface area contributed by atoms with Gasteiger partial charge < -0.3 is 79.4 Å². The molecule has 3 aliphatic heterocycles.